The van der Waals surface area contributed by atoms with Crippen LogP contribution in [-0.2, 0) is 18.8 Å². The highest BCUT2D eigenvalue weighted by Crippen LogP contribution is 2.37. The number of aryl methyl sites for hydroxylation is 1. The molecule has 0 amide bonds. The molecule has 1 aliphatic heterocycles. The standard InChI is InChI=1S/C19H27BO6/c1-12-10-13(23-6)11-14(17(12)15(21)8-9-16(22)24-7)20-25-18(2,3)19(4,5)26-20/h10-11H,8-9H2,1-7H3. The summed E-state index contributed by atoms with van der Waals surface area (Å²) in [6.45, 7) is 9.66. The number of Topliss-reactive ketones (excluding diaryl/α,β-unsaturated/α-hetero) is 1. The molecule has 0 aromatic heterocycles. The molecule has 0 aliphatic carbocycles. The summed E-state index contributed by atoms with van der Waals surface area (Å²) in [5.41, 5.74) is 0.828. The summed E-state index contributed by atoms with van der Waals surface area (Å²) in [5.74, 6) is 0.0543. The van der Waals surface area contributed by atoms with Gasteiger partial charge in [-0.05, 0) is 57.8 Å². The Morgan fingerprint density at radius 1 is 1.04 bits per heavy atom. The zero-order chi connectivity index (χ0) is 19.7. The van der Waals surface area contributed by atoms with Crippen molar-refractivity contribution in [2.24, 2.45) is 0 Å². The van der Waals surface area contributed by atoms with Crippen LogP contribution >= 0.6 is 0 Å². The van der Waals surface area contributed by atoms with E-state index in [9.17, 15) is 9.59 Å². The van der Waals surface area contributed by atoms with Crippen LogP contribution in [0.1, 0.15) is 56.5 Å². The normalized spacial score (nSPS) is 17.9. The summed E-state index contributed by atoms with van der Waals surface area (Å²) in [4.78, 5) is 24.2. The van der Waals surface area contributed by atoms with Gasteiger partial charge in [0, 0.05) is 12.0 Å². The molecule has 0 N–H and O–H groups in total. The molecule has 7 heteroatoms. The number of methoxy groups -OCH3 is 2. The van der Waals surface area contributed by atoms with E-state index in [0.29, 0.717) is 16.8 Å². The van der Waals surface area contributed by atoms with Crippen molar-refractivity contribution < 1.29 is 28.4 Å². The summed E-state index contributed by atoms with van der Waals surface area (Å²) in [6, 6.07) is 3.56. The minimum Gasteiger partial charge on any atom is -0.497 e. The van der Waals surface area contributed by atoms with Crippen LogP contribution in [0, 0.1) is 6.92 Å². The molecule has 1 aromatic carbocycles. The molecule has 142 valence electrons. The van der Waals surface area contributed by atoms with Gasteiger partial charge in [-0.25, -0.2) is 0 Å². The Hall–Kier alpha value is -1.86. The predicted octanol–water partition coefficient (Wildman–Crippen LogP) is 2.44. The number of benzene rings is 1. The van der Waals surface area contributed by atoms with Gasteiger partial charge in [-0.3, -0.25) is 9.59 Å². The number of rotatable bonds is 6. The van der Waals surface area contributed by atoms with Gasteiger partial charge >= 0.3 is 13.1 Å². The Morgan fingerprint density at radius 2 is 1.62 bits per heavy atom. The second-order valence-corrected chi connectivity index (χ2v) is 7.50. The fourth-order valence-electron chi connectivity index (χ4n) is 2.88. The molecule has 1 heterocycles. The first kappa shape index (κ1) is 20.5. The van der Waals surface area contributed by atoms with E-state index >= 15 is 0 Å². The van der Waals surface area contributed by atoms with Crippen molar-refractivity contribution >= 4 is 24.3 Å². The quantitative estimate of drug-likeness (QED) is 0.440. The second-order valence-electron chi connectivity index (χ2n) is 7.50. The average molecular weight is 362 g/mol. The summed E-state index contributed by atoms with van der Waals surface area (Å²) < 4.78 is 22.2. The maximum atomic E-state index is 12.8. The number of ketones is 1. The van der Waals surface area contributed by atoms with Crippen molar-refractivity contribution in [3.63, 3.8) is 0 Å². The molecule has 1 fully saturated rings. The van der Waals surface area contributed by atoms with Crippen molar-refractivity contribution in [2.75, 3.05) is 14.2 Å². The second kappa shape index (κ2) is 7.41. The van der Waals surface area contributed by atoms with Gasteiger partial charge in [0.25, 0.3) is 0 Å². The monoisotopic (exact) mass is 362 g/mol. The lowest BCUT2D eigenvalue weighted by atomic mass is 9.73. The highest BCUT2D eigenvalue weighted by molar-refractivity contribution is 6.64. The zero-order valence-electron chi connectivity index (χ0n) is 16.6. The topological polar surface area (TPSA) is 71.1 Å². The van der Waals surface area contributed by atoms with Crippen LogP contribution in [0.4, 0.5) is 0 Å². The summed E-state index contributed by atoms with van der Waals surface area (Å²) in [6.07, 6.45) is 0.0932. The van der Waals surface area contributed by atoms with Crippen LogP contribution in [0.25, 0.3) is 0 Å². The highest BCUT2D eigenvalue weighted by Gasteiger charge is 2.52. The Kier molecular flexibility index (Phi) is 5.83. The largest absolute Gasteiger partial charge is 0.497 e. The fraction of sp³-hybridized carbons (Fsp3) is 0.579. The number of esters is 1. The lowest BCUT2D eigenvalue weighted by molar-refractivity contribution is -0.140. The number of carbonyl (C=O) groups is 2. The van der Waals surface area contributed by atoms with E-state index in [1.807, 2.05) is 34.6 Å². The van der Waals surface area contributed by atoms with Gasteiger partial charge in [0.2, 0.25) is 0 Å². The summed E-state index contributed by atoms with van der Waals surface area (Å²) in [5, 5.41) is 0. The maximum absolute atomic E-state index is 12.8. The van der Waals surface area contributed by atoms with Crippen molar-refractivity contribution in [2.45, 2.75) is 58.7 Å². The van der Waals surface area contributed by atoms with E-state index in [-0.39, 0.29) is 18.6 Å². The first-order valence-electron chi connectivity index (χ1n) is 8.66. The third-order valence-corrected chi connectivity index (χ3v) is 5.15. The molecular formula is C19H27BO6. The molecule has 0 atom stereocenters. The van der Waals surface area contributed by atoms with Crippen molar-refractivity contribution in [1.82, 2.24) is 0 Å². The summed E-state index contributed by atoms with van der Waals surface area (Å²) in [7, 11) is 2.19. The number of hydrogen-bond donors (Lipinski definition) is 0. The van der Waals surface area contributed by atoms with Gasteiger partial charge in [0.05, 0.1) is 31.8 Å². The van der Waals surface area contributed by atoms with E-state index in [1.165, 1.54) is 7.11 Å². The fourth-order valence-corrected chi connectivity index (χ4v) is 2.88. The van der Waals surface area contributed by atoms with Gasteiger partial charge < -0.3 is 18.8 Å². The van der Waals surface area contributed by atoms with Crippen LogP contribution in [0.3, 0.4) is 0 Å². The van der Waals surface area contributed by atoms with Gasteiger partial charge in [0.1, 0.15) is 5.75 Å². The molecule has 0 radical (unpaired) electrons. The number of hydrogen-bond acceptors (Lipinski definition) is 6. The maximum Gasteiger partial charge on any atom is 0.495 e. The summed E-state index contributed by atoms with van der Waals surface area (Å²) >= 11 is 0. The van der Waals surface area contributed by atoms with E-state index in [1.54, 1.807) is 19.2 Å². The Bertz CT molecular complexity index is 694. The molecular weight excluding hydrogens is 335 g/mol. The van der Waals surface area contributed by atoms with Crippen molar-refractivity contribution in [1.29, 1.82) is 0 Å². The average Bonchev–Trinajstić information content (AvgIpc) is 2.79. The lowest BCUT2D eigenvalue weighted by Gasteiger charge is -2.32. The highest BCUT2D eigenvalue weighted by atomic mass is 16.7. The molecule has 6 nitrogen and oxygen atoms in total. The van der Waals surface area contributed by atoms with Crippen LogP contribution < -0.4 is 10.2 Å². The minimum atomic E-state index is -0.689. The Labute approximate surface area is 155 Å². The molecule has 0 bridgehead atoms. The minimum absolute atomic E-state index is 0.0314. The smallest absolute Gasteiger partial charge is 0.495 e. The van der Waals surface area contributed by atoms with E-state index < -0.39 is 24.3 Å². The van der Waals surface area contributed by atoms with Crippen LogP contribution in [0.5, 0.6) is 5.75 Å². The van der Waals surface area contributed by atoms with Gasteiger partial charge in [0.15, 0.2) is 5.78 Å². The zero-order valence-corrected chi connectivity index (χ0v) is 16.6. The van der Waals surface area contributed by atoms with Crippen LogP contribution in [0.2, 0.25) is 0 Å². The van der Waals surface area contributed by atoms with E-state index in [4.69, 9.17) is 14.0 Å². The van der Waals surface area contributed by atoms with Gasteiger partial charge in [-0.1, -0.05) is 0 Å². The molecule has 0 saturated carbocycles. The van der Waals surface area contributed by atoms with Crippen molar-refractivity contribution in [3.8, 4) is 5.75 Å². The third-order valence-electron chi connectivity index (χ3n) is 5.15. The number of ether oxygens (including phenoxy) is 2. The molecule has 1 saturated heterocycles. The van der Waals surface area contributed by atoms with E-state index in [2.05, 4.69) is 4.74 Å². The van der Waals surface area contributed by atoms with Gasteiger partial charge in [-0.2, -0.15) is 0 Å². The van der Waals surface area contributed by atoms with E-state index in [0.717, 1.165) is 5.56 Å². The predicted molar refractivity (Wildman–Crippen MR) is 99.0 cm³/mol. The van der Waals surface area contributed by atoms with Crippen LogP contribution in [0.15, 0.2) is 12.1 Å². The van der Waals surface area contributed by atoms with Gasteiger partial charge in [-0.15, -0.1) is 0 Å². The van der Waals surface area contributed by atoms with Crippen molar-refractivity contribution in [3.05, 3.63) is 23.3 Å². The first-order valence-corrected chi connectivity index (χ1v) is 8.66. The molecule has 0 unspecified atom stereocenters. The van der Waals surface area contributed by atoms with Crippen LogP contribution in [-0.4, -0.2) is 44.3 Å². The number of carbonyl (C=O) groups excluding carboxylic acids is 2. The lowest BCUT2D eigenvalue weighted by Crippen LogP contribution is -2.41. The molecule has 26 heavy (non-hydrogen) atoms. The first-order chi connectivity index (χ1) is 12.0. The Morgan fingerprint density at radius 3 is 2.12 bits per heavy atom. The molecule has 2 rings (SSSR count). The Balaban J connectivity index is 2.43. The SMILES string of the molecule is COC(=O)CCC(=O)c1c(C)cc(OC)cc1B1OC(C)(C)C(C)(C)O1. The molecule has 1 aliphatic rings. The third kappa shape index (κ3) is 3.94. The molecule has 1 aromatic rings. The molecule has 0 spiro atoms.